The minimum absolute atomic E-state index is 0.0420. The van der Waals surface area contributed by atoms with Crippen molar-refractivity contribution in [3.05, 3.63) is 42.2 Å². The number of carbonyl (C=O) groups excluding carboxylic acids is 1. The number of piperazine rings is 1. The second-order valence-corrected chi connectivity index (χ2v) is 12.5. The van der Waals surface area contributed by atoms with E-state index in [4.69, 9.17) is 9.47 Å². The molecule has 41 heavy (non-hydrogen) atoms. The number of likely N-dealkylation sites (tertiary alicyclic amines) is 1. The number of hydrogen-bond acceptors (Lipinski definition) is 8. The largest absolute Gasteiger partial charge is 0.487 e. The van der Waals surface area contributed by atoms with Crippen LogP contribution in [0.15, 0.2) is 30.9 Å². The molecule has 222 valence electrons. The van der Waals surface area contributed by atoms with E-state index in [1.807, 2.05) is 6.07 Å². The van der Waals surface area contributed by atoms with Crippen LogP contribution in [0.1, 0.15) is 50.5 Å². The second-order valence-electron chi connectivity index (χ2n) is 12.5. The zero-order chi connectivity index (χ0) is 28.6. The van der Waals surface area contributed by atoms with Gasteiger partial charge in [-0.3, -0.25) is 20.3 Å². The molecule has 3 saturated heterocycles. The van der Waals surface area contributed by atoms with E-state index in [1.165, 1.54) is 18.6 Å². The molecule has 1 aromatic carbocycles. The number of nitrogens with one attached hydrogen (secondary N) is 2. The highest BCUT2D eigenvalue weighted by atomic mass is 19.1. The zero-order valence-corrected chi connectivity index (χ0v) is 24.1. The van der Waals surface area contributed by atoms with Gasteiger partial charge in [-0.2, -0.15) is 5.26 Å². The summed E-state index contributed by atoms with van der Waals surface area (Å²) in [5, 5.41) is 17.1. The Hall–Kier alpha value is -2.55. The molecule has 2 N–H and O–H groups in total. The van der Waals surface area contributed by atoms with Gasteiger partial charge >= 0.3 is 0 Å². The normalized spacial score (nSPS) is 35.8. The lowest BCUT2D eigenvalue weighted by molar-refractivity contribution is -0.139. The fourth-order valence-electron chi connectivity index (χ4n) is 7.89. The van der Waals surface area contributed by atoms with Crippen molar-refractivity contribution < 1.29 is 18.7 Å². The van der Waals surface area contributed by atoms with Crippen LogP contribution in [0.3, 0.4) is 0 Å². The van der Waals surface area contributed by atoms with Gasteiger partial charge in [-0.25, -0.2) is 4.39 Å². The van der Waals surface area contributed by atoms with Crippen LogP contribution in [-0.2, 0) is 16.0 Å². The van der Waals surface area contributed by atoms with Gasteiger partial charge in [0.2, 0.25) is 5.91 Å². The van der Waals surface area contributed by atoms with Gasteiger partial charge in [-0.15, -0.1) is 0 Å². The number of fused-ring (bicyclic) bond motifs is 2. The first-order valence-corrected chi connectivity index (χ1v) is 15.2. The lowest BCUT2D eigenvalue weighted by Gasteiger charge is -2.55. The fraction of sp³-hybridized carbons (Fsp3) is 0.677. The molecule has 1 aliphatic carbocycles. The molecular formula is C31H43FN6O3. The third-order valence-corrected chi connectivity index (χ3v) is 10.2. The summed E-state index contributed by atoms with van der Waals surface area (Å²) in [4.78, 5) is 19.1. The Morgan fingerprint density at radius 3 is 2.93 bits per heavy atom. The second kappa shape index (κ2) is 12.0. The lowest BCUT2D eigenvalue weighted by atomic mass is 9.70. The number of hydrogen-bond donors (Lipinski definition) is 2. The van der Waals surface area contributed by atoms with Crippen molar-refractivity contribution in [2.75, 3.05) is 39.8 Å². The quantitative estimate of drug-likeness (QED) is 0.508. The molecule has 7 atom stereocenters. The third-order valence-electron chi connectivity index (χ3n) is 10.2. The Kier molecular flexibility index (Phi) is 8.35. The standard InChI is InChI=1S/C31H43FN6O3/c1-3-28(39)38-17-16-37(19-21(38)11-14-33)29-24-10-13-31(12-9-23-25(32)7-4-8-27(23)41-31)18-26(24)34-30(35-29)40-20-22-6-5-15-36(22)2/h3-4,7-8,21-22,24,26,29-30,34-35H,1,5-6,9-13,15-20H2,2H3/t21?,22?,24?,26?,29?,30?,31-/m1/s1. The molecule has 10 heteroatoms. The van der Waals surface area contributed by atoms with E-state index in [0.29, 0.717) is 49.4 Å². The van der Waals surface area contributed by atoms with Crippen LogP contribution in [0.5, 0.6) is 5.75 Å². The molecule has 4 aliphatic heterocycles. The average Bonchev–Trinajstić information content (AvgIpc) is 3.39. The molecule has 0 bridgehead atoms. The molecular weight excluding hydrogens is 523 g/mol. The van der Waals surface area contributed by atoms with E-state index >= 15 is 0 Å². The first-order valence-electron chi connectivity index (χ1n) is 15.2. The van der Waals surface area contributed by atoms with Crippen LogP contribution in [0.4, 0.5) is 4.39 Å². The molecule has 5 aliphatic rings. The molecule has 1 saturated carbocycles. The first-order chi connectivity index (χ1) is 19.9. The Bertz CT molecular complexity index is 1180. The van der Waals surface area contributed by atoms with Gasteiger partial charge in [-0.05, 0) is 70.3 Å². The number of benzene rings is 1. The van der Waals surface area contributed by atoms with E-state index in [1.54, 1.807) is 11.0 Å². The molecule has 1 spiro atoms. The molecule has 0 aromatic heterocycles. The highest BCUT2D eigenvalue weighted by Crippen LogP contribution is 2.46. The number of likely N-dealkylation sites (N-methyl/N-ethyl adjacent to an activating group) is 1. The number of halogens is 1. The van der Waals surface area contributed by atoms with Crippen LogP contribution in [-0.4, -0.2) is 96.7 Å². The number of nitrogens with zero attached hydrogens (tertiary/aromatic N) is 4. The summed E-state index contributed by atoms with van der Waals surface area (Å²) >= 11 is 0. The molecule has 0 radical (unpaired) electrons. The number of nitriles is 1. The van der Waals surface area contributed by atoms with Gasteiger partial charge in [-0.1, -0.05) is 12.6 Å². The Morgan fingerprint density at radius 1 is 1.27 bits per heavy atom. The predicted molar refractivity (Wildman–Crippen MR) is 152 cm³/mol. The van der Waals surface area contributed by atoms with Crippen LogP contribution >= 0.6 is 0 Å². The average molecular weight is 567 g/mol. The highest BCUT2D eigenvalue weighted by Gasteiger charge is 2.51. The van der Waals surface area contributed by atoms with Gasteiger partial charge in [0.05, 0.1) is 31.3 Å². The minimum atomic E-state index is -0.328. The smallest absolute Gasteiger partial charge is 0.246 e. The predicted octanol–water partition coefficient (Wildman–Crippen LogP) is 2.58. The minimum Gasteiger partial charge on any atom is -0.487 e. The number of rotatable bonds is 6. The zero-order valence-electron chi connectivity index (χ0n) is 24.1. The summed E-state index contributed by atoms with van der Waals surface area (Å²) in [5.74, 6) is 0.683. The molecule has 6 unspecified atom stereocenters. The topological polar surface area (TPSA) is 93.1 Å². The summed E-state index contributed by atoms with van der Waals surface area (Å²) in [7, 11) is 2.16. The van der Waals surface area contributed by atoms with Crippen molar-refractivity contribution in [3.63, 3.8) is 0 Å². The first kappa shape index (κ1) is 28.6. The maximum atomic E-state index is 14.5. The molecule has 6 rings (SSSR count). The SMILES string of the molecule is C=CC(=O)N1CCN(C2NC(OCC3CCCN3C)NC3C[C@@]4(CCc5c(F)cccc5O4)CCC32)CC1CC#N. The molecule has 1 amide bonds. The Morgan fingerprint density at radius 2 is 2.15 bits per heavy atom. The maximum absolute atomic E-state index is 14.5. The van der Waals surface area contributed by atoms with Crippen LogP contribution in [0.2, 0.25) is 0 Å². The van der Waals surface area contributed by atoms with Gasteiger partial charge in [0, 0.05) is 49.6 Å². The van der Waals surface area contributed by atoms with E-state index in [9.17, 15) is 14.4 Å². The highest BCUT2D eigenvalue weighted by molar-refractivity contribution is 5.87. The summed E-state index contributed by atoms with van der Waals surface area (Å²) in [5.41, 5.74) is 0.361. The van der Waals surface area contributed by atoms with Crippen molar-refractivity contribution in [2.24, 2.45) is 5.92 Å². The number of ether oxygens (including phenoxy) is 2. The van der Waals surface area contributed by atoms with E-state index in [2.05, 4.69) is 40.1 Å². The fourth-order valence-corrected chi connectivity index (χ4v) is 7.89. The van der Waals surface area contributed by atoms with Gasteiger partial charge < -0.3 is 19.3 Å². The van der Waals surface area contributed by atoms with Gasteiger partial charge in [0.25, 0.3) is 0 Å². The van der Waals surface area contributed by atoms with E-state index in [0.717, 1.165) is 45.2 Å². The Balaban J connectivity index is 1.21. The number of carbonyl (C=O) groups is 1. The van der Waals surface area contributed by atoms with Gasteiger partial charge in [0.1, 0.15) is 17.2 Å². The Labute approximate surface area is 242 Å². The molecule has 4 fully saturated rings. The van der Waals surface area contributed by atoms with Crippen molar-refractivity contribution in [3.8, 4) is 11.8 Å². The van der Waals surface area contributed by atoms with Gasteiger partial charge in [0.15, 0.2) is 6.35 Å². The summed E-state index contributed by atoms with van der Waals surface area (Å²) in [6.45, 7) is 7.32. The monoisotopic (exact) mass is 566 g/mol. The van der Waals surface area contributed by atoms with Crippen LogP contribution in [0.25, 0.3) is 0 Å². The molecule has 9 nitrogen and oxygen atoms in total. The summed E-state index contributed by atoms with van der Waals surface area (Å²) < 4.78 is 27.6. The lowest BCUT2D eigenvalue weighted by Crippen LogP contribution is -2.73. The van der Waals surface area contributed by atoms with E-state index in [-0.39, 0.29) is 48.3 Å². The maximum Gasteiger partial charge on any atom is 0.246 e. The summed E-state index contributed by atoms with van der Waals surface area (Å²) in [6.07, 6.45) is 7.85. The van der Waals surface area contributed by atoms with Crippen molar-refractivity contribution in [1.82, 2.24) is 25.3 Å². The number of amides is 1. The third kappa shape index (κ3) is 5.75. The van der Waals surface area contributed by atoms with Crippen molar-refractivity contribution in [1.29, 1.82) is 5.26 Å². The summed E-state index contributed by atoms with van der Waals surface area (Å²) in [6, 6.07) is 7.81. The van der Waals surface area contributed by atoms with E-state index < -0.39 is 0 Å². The van der Waals surface area contributed by atoms with Crippen molar-refractivity contribution in [2.45, 2.75) is 87.6 Å². The molecule has 4 heterocycles. The van der Waals surface area contributed by atoms with Crippen molar-refractivity contribution >= 4 is 5.91 Å². The van der Waals surface area contributed by atoms with Crippen LogP contribution in [0, 0.1) is 23.1 Å². The molecule has 1 aromatic rings. The van der Waals surface area contributed by atoms with Crippen LogP contribution < -0.4 is 15.4 Å².